The van der Waals surface area contributed by atoms with Gasteiger partial charge in [-0.25, -0.2) is 0 Å². The maximum absolute atomic E-state index is 12.5. The standard InChI is InChI=1S/C23H35N3O6/c1-21(2,3)31-19(27)14-24-12-13-25(15-20(28)32-22(4,5)6)17-23(16-24,26(29)30)18-10-8-7-9-11-18/h7-11H,12-17H2,1-6H3. The van der Waals surface area contributed by atoms with Crippen LogP contribution in [0.1, 0.15) is 47.1 Å². The fraction of sp³-hybridized carbons (Fsp3) is 0.652. The van der Waals surface area contributed by atoms with Crippen molar-refractivity contribution in [2.24, 2.45) is 0 Å². The van der Waals surface area contributed by atoms with Gasteiger partial charge in [0, 0.05) is 23.6 Å². The van der Waals surface area contributed by atoms with E-state index in [0.717, 1.165) is 0 Å². The summed E-state index contributed by atoms with van der Waals surface area (Å²) >= 11 is 0. The molecular formula is C23H35N3O6. The number of carbonyl (C=O) groups excluding carboxylic acids is 2. The van der Waals surface area contributed by atoms with Gasteiger partial charge < -0.3 is 9.47 Å². The first-order valence-corrected chi connectivity index (χ1v) is 10.8. The molecule has 0 spiro atoms. The fourth-order valence-corrected chi connectivity index (χ4v) is 3.77. The average Bonchev–Trinajstić information content (AvgIpc) is 2.80. The molecular weight excluding hydrogens is 414 g/mol. The molecule has 0 radical (unpaired) electrons. The van der Waals surface area contributed by atoms with Crippen molar-refractivity contribution in [2.45, 2.75) is 58.3 Å². The molecule has 0 saturated carbocycles. The Labute approximate surface area is 189 Å². The summed E-state index contributed by atoms with van der Waals surface area (Å²) in [7, 11) is 0. The molecule has 2 rings (SSSR count). The molecule has 0 N–H and O–H groups in total. The number of ether oxygens (including phenoxy) is 2. The number of carbonyl (C=O) groups is 2. The third-order valence-corrected chi connectivity index (χ3v) is 4.91. The van der Waals surface area contributed by atoms with Gasteiger partial charge in [-0.05, 0) is 41.5 Å². The molecule has 1 aromatic carbocycles. The lowest BCUT2D eigenvalue weighted by Crippen LogP contribution is -2.51. The van der Waals surface area contributed by atoms with E-state index in [-0.39, 0.29) is 31.1 Å². The number of esters is 2. The van der Waals surface area contributed by atoms with Crippen molar-refractivity contribution in [3.63, 3.8) is 0 Å². The Bertz CT molecular complexity index is 773. The van der Waals surface area contributed by atoms with Gasteiger partial charge >= 0.3 is 11.9 Å². The van der Waals surface area contributed by atoms with Crippen LogP contribution in [0.4, 0.5) is 0 Å². The molecule has 0 aromatic heterocycles. The summed E-state index contributed by atoms with van der Waals surface area (Å²) in [5, 5.41) is 12.5. The smallest absolute Gasteiger partial charge is 0.320 e. The molecule has 1 aliphatic rings. The van der Waals surface area contributed by atoms with E-state index in [0.29, 0.717) is 18.7 Å². The van der Waals surface area contributed by atoms with Crippen molar-refractivity contribution in [3.8, 4) is 0 Å². The van der Waals surface area contributed by atoms with Crippen molar-refractivity contribution in [3.05, 3.63) is 46.0 Å². The molecule has 32 heavy (non-hydrogen) atoms. The van der Waals surface area contributed by atoms with Gasteiger partial charge in [-0.15, -0.1) is 0 Å². The third-order valence-electron chi connectivity index (χ3n) is 4.91. The molecule has 178 valence electrons. The van der Waals surface area contributed by atoms with Gasteiger partial charge in [-0.2, -0.15) is 0 Å². The predicted molar refractivity (Wildman–Crippen MR) is 120 cm³/mol. The zero-order chi connectivity index (χ0) is 24.2. The highest BCUT2D eigenvalue weighted by Gasteiger charge is 2.50. The molecule has 1 fully saturated rings. The van der Waals surface area contributed by atoms with Gasteiger partial charge in [0.25, 0.3) is 5.54 Å². The summed E-state index contributed by atoms with van der Waals surface area (Å²) in [5.41, 5.74) is -2.28. The molecule has 1 aliphatic heterocycles. The Morgan fingerprint density at radius 2 is 1.31 bits per heavy atom. The van der Waals surface area contributed by atoms with Crippen molar-refractivity contribution >= 4 is 11.9 Å². The average molecular weight is 450 g/mol. The second-order valence-corrected chi connectivity index (χ2v) is 10.2. The summed E-state index contributed by atoms with van der Waals surface area (Å²) < 4.78 is 10.8. The first-order chi connectivity index (χ1) is 14.7. The van der Waals surface area contributed by atoms with E-state index in [9.17, 15) is 19.7 Å². The number of hydrogen-bond acceptors (Lipinski definition) is 8. The van der Waals surface area contributed by atoms with Crippen LogP contribution in [-0.4, -0.2) is 77.1 Å². The quantitative estimate of drug-likeness (QED) is 0.371. The van der Waals surface area contributed by atoms with Crippen molar-refractivity contribution in [1.29, 1.82) is 0 Å². The van der Waals surface area contributed by atoms with Crippen LogP contribution in [0.15, 0.2) is 30.3 Å². The Balaban J connectivity index is 2.33. The Morgan fingerprint density at radius 3 is 1.66 bits per heavy atom. The molecule has 9 heteroatoms. The molecule has 1 heterocycles. The highest BCUT2D eigenvalue weighted by Crippen LogP contribution is 2.30. The molecule has 0 amide bonds. The summed E-state index contributed by atoms with van der Waals surface area (Å²) in [6.45, 7) is 11.3. The molecule has 0 atom stereocenters. The summed E-state index contributed by atoms with van der Waals surface area (Å²) in [6, 6.07) is 8.73. The third kappa shape index (κ3) is 7.56. The van der Waals surface area contributed by atoms with Gasteiger partial charge in [-0.3, -0.25) is 29.5 Å². The zero-order valence-electron chi connectivity index (χ0n) is 19.9. The van der Waals surface area contributed by atoms with E-state index in [1.165, 1.54) is 0 Å². The van der Waals surface area contributed by atoms with Gasteiger partial charge in [0.15, 0.2) is 0 Å². The Morgan fingerprint density at radius 1 is 0.906 bits per heavy atom. The van der Waals surface area contributed by atoms with Gasteiger partial charge in [-0.1, -0.05) is 30.3 Å². The van der Waals surface area contributed by atoms with E-state index in [1.54, 1.807) is 81.7 Å². The molecule has 1 saturated heterocycles. The number of nitrogens with zero attached hydrogens (tertiary/aromatic N) is 3. The van der Waals surface area contributed by atoms with E-state index >= 15 is 0 Å². The lowest BCUT2D eigenvalue weighted by molar-refractivity contribution is -0.579. The van der Waals surface area contributed by atoms with E-state index in [4.69, 9.17) is 9.47 Å². The minimum Gasteiger partial charge on any atom is -0.459 e. The number of nitro groups is 1. The van der Waals surface area contributed by atoms with E-state index in [2.05, 4.69) is 0 Å². The maximum Gasteiger partial charge on any atom is 0.320 e. The van der Waals surface area contributed by atoms with Crippen molar-refractivity contribution in [2.75, 3.05) is 39.3 Å². The van der Waals surface area contributed by atoms with Crippen molar-refractivity contribution in [1.82, 2.24) is 9.80 Å². The maximum atomic E-state index is 12.5. The predicted octanol–water partition coefficient (Wildman–Crippen LogP) is 2.46. The summed E-state index contributed by atoms with van der Waals surface area (Å²) in [6.07, 6.45) is 0. The monoisotopic (exact) mass is 449 g/mol. The molecule has 0 bridgehead atoms. The van der Waals surface area contributed by atoms with Crippen LogP contribution in [0.5, 0.6) is 0 Å². The highest BCUT2D eigenvalue weighted by molar-refractivity contribution is 5.72. The van der Waals surface area contributed by atoms with E-state index in [1.807, 2.05) is 0 Å². The van der Waals surface area contributed by atoms with Crippen LogP contribution >= 0.6 is 0 Å². The van der Waals surface area contributed by atoms with Crippen LogP contribution in [0.3, 0.4) is 0 Å². The van der Waals surface area contributed by atoms with Gasteiger partial charge in [0.1, 0.15) is 11.2 Å². The first kappa shape index (κ1) is 25.7. The van der Waals surface area contributed by atoms with Crippen LogP contribution < -0.4 is 0 Å². The molecule has 1 aromatic rings. The minimum absolute atomic E-state index is 0.0219. The lowest BCUT2D eigenvalue weighted by Gasteiger charge is -2.31. The lowest BCUT2D eigenvalue weighted by atomic mass is 9.89. The van der Waals surface area contributed by atoms with Gasteiger partial charge in [0.2, 0.25) is 0 Å². The topological polar surface area (TPSA) is 102 Å². The van der Waals surface area contributed by atoms with Gasteiger partial charge in [0.05, 0.1) is 26.2 Å². The van der Waals surface area contributed by atoms with Crippen LogP contribution in [0.25, 0.3) is 0 Å². The summed E-state index contributed by atoms with van der Waals surface area (Å²) in [5.74, 6) is -0.883. The molecule has 0 aliphatic carbocycles. The Hall–Kier alpha value is -2.52. The minimum atomic E-state index is -1.51. The van der Waals surface area contributed by atoms with E-state index < -0.39 is 28.7 Å². The number of hydrogen-bond donors (Lipinski definition) is 0. The van der Waals surface area contributed by atoms with Crippen molar-refractivity contribution < 1.29 is 24.0 Å². The normalized spacial score (nSPS) is 17.9. The second-order valence-electron chi connectivity index (χ2n) is 10.2. The SMILES string of the molecule is CC(C)(C)OC(=O)CN1CCN(CC(=O)OC(C)(C)C)CC(c2ccccc2)([N+](=O)[O-])C1. The zero-order valence-corrected chi connectivity index (χ0v) is 19.9. The van der Waals surface area contributed by atoms with Crippen LogP contribution in [-0.2, 0) is 24.6 Å². The second kappa shape index (κ2) is 9.95. The molecule has 0 unspecified atom stereocenters. The van der Waals surface area contributed by atoms with Crippen LogP contribution in [0, 0.1) is 10.1 Å². The number of benzene rings is 1. The largest absolute Gasteiger partial charge is 0.459 e. The number of rotatable bonds is 6. The summed E-state index contributed by atoms with van der Waals surface area (Å²) in [4.78, 5) is 40.5. The Kier molecular flexibility index (Phi) is 8.01. The fourth-order valence-electron chi connectivity index (χ4n) is 3.77. The van der Waals surface area contributed by atoms with Crippen LogP contribution in [0.2, 0.25) is 0 Å². The molecule has 9 nitrogen and oxygen atoms in total. The highest BCUT2D eigenvalue weighted by atomic mass is 16.6. The first-order valence-electron chi connectivity index (χ1n) is 10.8.